The number of nitrogens with zero attached hydrogens (tertiary/aromatic N) is 3. The summed E-state index contributed by atoms with van der Waals surface area (Å²) in [5, 5.41) is 43.4. The highest BCUT2D eigenvalue weighted by atomic mass is 19.1. The number of aromatic hydroxyl groups is 1. The number of ketones is 1. The molecule has 1 fully saturated rings. The first kappa shape index (κ1) is 23.0. The lowest BCUT2D eigenvalue weighted by Crippen LogP contribution is -2.29. The second-order valence-corrected chi connectivity index (χ2v) is 7.46. The van der Waals surface area contributed by atoms with E-state index in [1.165, 1.54) is 30.3 Å². The lowest BCUT2D eigenvalue weighted by atomic mass is 9.94. The van der Waals surface area contributed by atoms with Gasteiger partial charge in [-0.25, -0.2) is 4.39 Å². The third kappa shape index (κ3) is 4.04. The normalized spacial score (nSPS) is 16.9. The molecule has 1 heterocycles. The van der Waals surface area contributed by atoms with Crippen LogP contribution in [0.1, 0.15) is 17.2 Å². The highest BCUT2D eigenvalue weighted by molar-refractivity contribution is 6.51. The molecule has 0 saturated carbocycles. The standard InChI is InChI=1S/C23H14FN3O8/c24-14-4-2-5-15(11-14)25-20(12-7-8-18(28)17(10-12)27(34)35)19(22(30)23(25)31)21(29)13-3-1-6-16(9-13)26(32)33/h1-11,20,28-29H/b21-19-. The molecule has 1 aliphatic heterocycles. The zero-order valence-corrected chi connectivity index (χ0v) is 17.5. The maximum absolute atomic E-state index is 14.0. The molecule has 0 radical (unpaired) electrons. The first-order valence-electron chi connectivity index (χ1n) is 9.89. The summed E-state index contributed by atoms with van der Waals surface area (Å²) in [7, 11) is 0. The number of anilines is 1. The highest BCUT2D eigenvalue weighted by Crippen LogP contribution is 2.44. The summed E-state index contributed by atoms with van der Waals surface area (Å²) in [6.45, 7) is 0. The predicted octanol–water partition coefficient (Wildman–Crippen LogP) is 3.97. The van der Waals surface area contributed by atoms with Gasteiger partial charge in [0, 0.05) is 29.4 Å². The van der Waals surface area contributed by atoms with Gasteiger partial charge >= 0.3 is 5.69 Å². The van der Waals surface area contributed by atoms with Crippen molar-refractivity contribution in [2.75, 3.05) is 4.90 Å². The molecular weight excluding hydrogens is 465 g/mol. The number of amides is 1. The number of phenolic OH excluding ortho intramolecular Hbond substituents is 1. The molecule has 1 amide bonds. The molecule has 1 atom stereocenters. The SMILES string of the molecule is O=C1C(=O)N(c2cccc(F)c2)C(c2ccc(O)c([N+](=O)[O-])c2)/C1=C(/O)c1cccc([N+](=O)[O-])c1. The molecule has 12 heteroatoms. The maximum atomic E-state index is 14.0. The van der Waals surface area contributed by atoms with Gasteiger partial charge in [0.2, 0.25) is 0 Å². The number of hydrogen-bond donors (Lipinski definition) is 2. The van der Waals surface area contributed by atoms with E-state index in [0.29, 0.717) is 0 Å². The largest absolute Gasteiger partial charge is 0.507 e. The van der Waals surface area contributed by atoms with Gasteiger partial charge in [0.1, 0.15) is 11.6 Å². The fourth-order valence-corrected chi connectivity index (χ4v) is 3.82. The molecule has 0 aliphatic carbocycles. The Labute approximate surface area is 195 Å². The van der Waals surface area contributed by atoms with Crippen molar-refractivity contribution in [2.24, 2.45) is 0 Å². The molecule has 1 saturated heterocycles. The summed E-state index contributed by atoms with van der Waals surface area (Å²) in [6, 6.07) is 11.0. The summed E-state index contributed by atoms with van der Waals surface area (Å²) in [6.07, 6.45) is 0. The average Bonchev–Trinajstić information content (AvgIpc) is 3.09. The second kappa shape index (κ2) is 8.67. The van der Waals surface area contributed by atoms with E-state index in [1.807, 2.05) is 0 Å². The quantitative estimate of drug-likeness (QED) is 0.182. The van der Waals surface area contributed by atoms with Crippen LogP contribution in [0, 0.1) is 26.0 Å². The minimum Gasteiger partial charge on any atom is -0.507 e. The topological polar surface area (TPSA) is 164 Å². The van der Waals surface area contributed by atoms with Crippen LogP contribution < -0.4 is 4.90 Å². The lowest BCUT2D eigenvalue weighted by molar-refractivity contribution is -0.385. The number of carbonyl (C=O) groups is 2. The Morgan fingerprint density at radius 3 is 2.31 bits per heavy atom. The van der Waals surface area contributed by atoms with Crippen LogP contribution in [0.4, 0.5) is 21.5 Å². The van der Waals surface area contributed by atoms with Gasteiger partial charge in [-0.2, -0.15) is 0 Å². The summed E-state index contributed by atoms with van der Waals surface area (Å²) < 4.78 is 14.0. The highest BCUT2D eigenvalue weighted by Gasteiger charge is 2.47. The minimum absolute atomic E-state index is 0.0510. The van der Waals surface area contributed by atoms with Crippen LogP contribution in [0.5, 0.6) is 5.75 Å². The molecule has 176 valence electrons. The smallest absolute Gasteiger partial charge is 0.311 e. The molecule has 0 bridgehead atoms. The van der Waals surface area contributed by atoms with Gasteiger partial charge in [0.25, 0.3) is 17.4 Å². The van der Waals surface area contributed by atoms with Gasteiger partial charge in [-0.3, -0.25) is 34.7 Å². The number of Topliss-reactive ketones (excluding diaryl/α,β-unsaturated/α-hetero) is 1. The Bertz CT molecular complexity index is 1450. The van der Waals surface area contributed by atoms with Gasteiger partial charge in [-0.15, -0.1) is 0 Å². The Morgan fingerprint density at radius 1 is 0.943 bits per heavy atom. The van der Waals surface area contributed by atoms with E-state index in [0.717, 1.165) is 41.3 Å². The number of halogens is 1. The Balaban J connectivity index is 2.00. The molecule has 11 nitrogen and oxygen atoms in total. The summed E-state index contributed by atoms with van der Waals surface area (Å²) in [5.41, 5.74) is -1.95. The molecule has 3 aromatic carbocycles. The number of aliphatic hydroxyl groups excluding tert-OH is 1. The van der Waals surface area contributed by atoms with Crippen molar-refractivity contribution in [3.8, 4) is 5.75 Å². The fourth-order valence-electron chi connectivity index (χ4n) is 3.82. The van der Waals surface area contributed by atoms with Crippen LogP contribution in [0.2, 0.25) is 0 Å². The minimum atomic E-state index is -1.48. The number of benzene rings is 3. The van der Waals surface area contributed by atoms with E-state index >= 15 is 0 Å². The predicted molar refractivity (Wildman–Crippen MR) is 119 cm³/mol. The maximum Gasteiger partial charge on any atom is 0.311 e. The van der Waals surface area contributed by atoms with E-state index in [1.54, 1.807) is 0 Å². The number of nitro benzene ring substituents is 2. The van der Waals surface area contributed by atoms with Gasteiger partial charge in [-0.05, 0) is 29.8 Å². The number of aliphatic hydroxyl groups is 1. The number of phenols is 1. The molecule has 0 spiro atoms. The van der Waals surface area contributed by atoms with Crippen LogP contribution in [0.3, 0.4) is 0 Å². The van der Waals surface area contributed by atoms with Crippen LogP contribution in [0.25, 0.3) is 5.76 Å². The number of hydrogen-bond acceptors (Lipinski definition) is 8. The van der Waals surface area contributed by atoms with Crippen molar-refractivity contribution in [1.29, 1.82) is 0 Å². The van der Waals surface area contributed by atoms with E-state index < -0.39 is 61.9 Å². The molecule has 0 aromatic heterocycles. The van der Waals surface area contributed by atoms with Crippen LogP contribution in [0.15, 0.2) is 72.3 Å². The first-order chi connectivity index (χ1) is 16.6. The van der Waals surface area contributed by atoms with E-state index in [2.05, 4.69) is 0 Å². The number of non-ortho nitro benzene ring substituents is 1. The summed E-state index contributed by atoms with van der Waals surface area (Å²) in [4.78, 5) is 47.9. The van der Waals surface area contributed by atoms with Crippen molar-refractivity contribution in [1.82, 2.24) is 0 Å². The van der Waals surface area contributed by atoms with E-state index in [4.69, 9.17) is 0 Å². The van der Waals surface area contributed by atoms with Crippen molar-refractivity contribution in [3.05, 3.63) is 109 Å². The summed E-state index contributed by atoms with van der Waals surface area (Å²) in [5.74, 6) is -4.55. The van der Waals surface area contributed by atoms with Crippen molar-refractivity contribution in [2.45, 2.75) is 6.04 Å². The zero-order chi connectivity index (χ0) is 25.4. The number of rotatable bonds is 5. The van der Waals surface area contributed by atoms with Crippen LogP contribution >= 0.6 is 0 Å². The number of nitro groups is 2. The Kier molecular flexibility index (Phi) is 5.71. The second-order valence-electron chi connectivity index (χ2n) is 7.46. The molecule has 3 aromatic rings. The Hall–Kier alpha value is -5.13. The fraction of sp³-hybridized carbons (Fsp3) is 0.0435. The average molecular weight is 479 g/mol. The molecular formula is C23H14FN3O8. The third-order valence-electron chi connectivity index (χ3n) is 5.37. The molecule has 35 heavy (non-hydrogen) atoms. The van der Waals surface area contributed by atoms with Crippen LogP contribution in [-0.4, -0.2) is 31.8 Å². The Morgan fingerprint density at radius 2 is 1.66 bits per heavy atom. The summed E-state index contributed by atoms with van der Waals surface area (Å²) >= 11 is 0. The molecule has 1 unspecified atom stereocenters. The monoisotopic (exact) mass is 479 g/mol. The van der Waals surface area contributed by atoms with Crippen molar-refractivity contribution in [3.63, 3.8) is 0 Å². The van der Waals surface area contributed by atoms with Gasteiger partial charge in [-0.1, -0.05) is 24.3 Å². The van der Waals surface area contributed by atoms with E-state index in [-0.39, 0.29) is 16.8 Å². The van der Waals surface area contributed by atoms with Crippen LogP contribution in [-0.2, 0) is 9.59 Å². The lowest BCUT2D eigenvalue weighted by Gasteiger charge is -2.25. The first-order valence-corrected chi connectivity index (χ1v) is 9.89. The van der Waals surface area contributed by atoms with Crippen molar-refractivity contribution < 1.29 is 34.0 Å². The molecule has 2 N–H and O–H groups in total. The zero-order valence-electron chi connectivity index (χ0n) is 17.5. The van der Waals surface area contributed by atoms with Crippen molar-refractivity contribution >= 4 is 34.5 Å². The van der Waals surface area contributed by atoms with Gasteiger partial charge in [0.05, 0.1) is 21.5 Å². The van der Waals surface area contributed by atoms with Gasteiger partial charge in [0.15, 0.2) is 5.75 Å². The molecule has 4 rings (SSSR count). The molecule has 1 aliphatic rings. The van der Waals surface area contributed by atoms with E-state index in [9.17, 15) is 44.4 Å². The van der Waals surface area contributed by atoms with Gasteiger partial charge < -0.3 is 10.2 Å². The third-order valence-corrected chi connectivity index (χ3v) is 5.37. The number of carbonyl (C=O) groups excluding carboxylic acids is 2.